The van der Waals surface area contributed by atoms with Crippen molar-refractivity contribution in [2.24, 2.45) is 17.3 Å². The lowest BCUT2D eigenvalue weighted by Crippen LogP contribution is -2.51. The molecule has 0 amide bonds. The van der Waals surface area contributed by atoms with Crippen LogP contribution in [-0.4, -0.2) is 25.2 Å². The van der Waals surface area contributed by atoms with Gasteiger partial charge in [0.1, 0.15) is 0 Å². The number of ether oxygens (including phenoxy) is 2. The molecular formula is C17H30O4. The van der Waals surface area contributed by atoms with Crippen LogP contribution in [0.4, 0.5) is 0 Å². The molecule has 1 saturated carbocycles. The molecule has 0 saturated heterocycles. The first-order valence-corrected chi connectivity index (χ1v) is 8.36. The van der Waals surface area contributed by atoms with Crippen LogP contribution in [-0.2, 0) is 19.1 Å². The van der Waals surface area contributed by atoms with Crippen molar-refractivity contribution in [1.82, 2.24) is 0 Å². The highest BCUT2D eigenvalue weighted by Gasteiger charge is 2.57. The molecule has 21 heavy (non-hydrogen) atoms. The molecular weight excluding hydrogens is 268 g/mol. The van der Waals surface area contributed by atoms with Crippen LogP contribution in [0.3, 0.4) is 0 Å². The van der Waals surface area contributed by atoms with E-state index in [1.165, 1.54) is 0 Å². The zero-order chi connectivity index (χ0) is 15.9. The lowest BCUT2D eigenvalue weighted by Gasteiger charge is -2.37. The Kier molecular flexibility index (Phi) is 7.20. The van der Waals surface area contributed by atoms with E-state index in [4.69, 9.17) is 9.47 Å². The van der Waals surface area contributed by atoms with Crippen molar-refractivity contribution in [3.05, 3.63) is 0 Å². The highest BCUT2D eigenvalue weighted by Crippen LogP contribution is 2.47. The molecule has 0 radical (unpaired) electrons. The first kappa shape index (κ1) is 18.0. The van der Waals surface area contributed by atoms with Crippen LogP contribution in [0.2, 0.25) is 0 Å². The summed E-state index contributed by atoms with van der Waals surface area (Å²) in [6, 6.07) is 0. The summed E-state index contributed by atoms with van der Waals surface area (Å²) < 4.78 is 10.8. The highest BCUT2D eigenvalue weighted by atomic mass is 16.6. The highest BCUT2D eigenvalue weighted by molar-refractivity contribution is 6.00. The molecule has 0 aromatic rings. The first-order valence-electron chi connectivity index (χ1n) is 8.36. The van der Waals surface area contributed by atoms with Gasteiger partial charge in [0, 0.05) is 0 Å². The van der Waals surface area contributed by atoms with Gasteiger partial charge in [-0.05, 0) is 37.5 Å². The molecule has 1 rings (SSSR count). The molecule has 0 unspecified atom stereocenters. The maximum absolute atomic E-state index is 12.7. The maximum atomic E-state index is 12.7. The van der Waals surface area contributed by atoms with Crippen molar-refractivity contribution in [1.29, 1.82) is 0 Å². The van der Waals surface area contributed by atoms with E-state index in [9.17, 15) is 9.59 Å². The minimum Gasteiger partial charge on any atom is -0.465 e. The van der Waals surface area contributed by atoms with Gasteiger partial charge in [0.05, 0.1) is 13.2 Å². The van der Waals surface area contributed by atoms with E-state index < -0.39 is 5.41 Å². The van der Waals surface area contributed by atoms with Gasteiger partial charge in [-0.1, -0.05) is 40.5 Å². The van der Waals surface area contributed by atoms with Gasteiger partial charge in [0.2, 0.25) is 0 Å². The van der Waals surface area contributed by atoms with E-state index >= 15 is 0 Å². The Morgan fingerprint density at radius 3 is 1.76 bits per heavy atom. The summed E-state index contributed by atoms with van der Waals surface area (Å²) in [6.07, 6.45) is 5.47. The van der Waals surface area contributed by atoms with Crippen LogP contribution in [0, 0.1) is 17.3 Å². The molecule has 1 aliphatic rings. The third-order valence-corrected chi connectivity index (χ3v) is 4.46. The molecule has 0 N–H and O–H groups in total. The second kappa shape index (κ2) is 8.40. The molecule has 0 aliphatic heterocycles. The van der Waals surface area contributed by atoms with Gasteiger partial charge < -0.3 is 9.47 Å². The van der Waals surface area contributed by atoms with Crippen LogP contribution in [0.1, 0.15) is 66.2 Å². The van der Waals surface area contributed by atoms with Gasteiger partial charge in [-0.15, -0.1) is 0 Å². The SMILES string of the molecule is CCCOC(=O)C(C(=O)OCCC)(C(C)C)C1CCCC1. The summed E-state index contributed by atoms with van der Waals surface area (Å²) in [4.78, 5) is 25.5. The summed E-state index contributed by atoms with van der Waals surface area (Å²) in [7, 11) is 0. The van der Waals surface area contributed by atoms with E-state index in [0.29, 0.717) is 13.2 Å². The fourth-order valence-corrected chi connectivity index (χ4v) is 3.37. The third kappa shape index (κ3) is 3.78. The second-order valence-corrected chi connectivity index (χ2v) is 6.28. The number of carbonyl (C=O) groups excluding carboxylic acids is 2. The van der Waals surface area contributed by atoms with E-state index in [1.807, 2.05) is 27.7 Å². The van der Waals surface area contributed by atoms with Gasteiger partial charge >= 0.3 is 11.9 Å². The average molecular weight is 298 g/mol. The summed E-state index contributed by atoms with van der Waals surface area (Å²) in [5.41, 5.74) is -1.12. The molecule has 1 fully saturated rings. The van der Waals surface area contributed by atoms with Crippen molar-refractivity contribution in [2.45, 2.75) is 66.2 Å². The zero-order valence-corrected chi connectivity index (χ0v) is 13.9. The molecule has 1 aliphatic carbocycles. The van der Waals surface area contributed by atoms with Gasteiger partial charge in [0.15, 0.2) is 5.41 Å². The largest absolute Gasteiger partial charge is 0.465 e. The van der Waals surface area contributed by atoms with Crippen LogP contribution in [0.15, 0.2) is 0 Å². The Morgan fingerprint density at radius 1 is 1.00 bits per heavy atom. The van der Waals surface area contributed by atoms with Gasteiger partial charge in [-0.3, -0.25) is 9.59 Å². The molecule has 122 valence electrons. The Hall–Kier alpha value is -1.06. The van der Waals surface area contributed by atoms with E-state index in [-0.39, 0.29) is 23.8 Å². The second-order valence-electron chi connectivity index (χ2n) is 6.28. The fourth-order valence-electron chi connectivity index (χ4n) is 3.37. The van der Waals surface area contributed by atoms with E-state index in [2.05, 4.69) is 0 Å². The molecule has 4 nitrogen and oxygen atoms in total. The van der Waals surface area contributed by atoms with Crippen molar-refractivity contribution in [3.63, 3.8) is 0 Å². The smallest absolute Gasteiger partial charge is 0.324 e. The Morgan fingerprint density at radius 2 is 1.43 bits per heavy atom. The van der Waals surface area contributed by atoms with Gasteiger partial charge in [-0.25, -0.2) is 0 Å². The number of carbonyl (C=O) groups is 2. The Balaban J connectivity index is 3.08. The van der Waals surface area contributed by atoms with Gasteiger partial charge in [0.25, 0.3) is 0 Å². The monoisotopic (exact) mass is 298 g/mol. The molecule has 0 aromatic carbocycles. The van der Waals surface area contributed by atoms with Gasteiger partial charge in [-0.2, -0.15) is 0 Å². The van der Waals surface area contributed by atoms with Crippen LogP contribution >= 0.6 is 0 Å². The van der Waals surface area contributed by atoms with Crippen LogP contribution in [0.5, 0.6) is 0 Å². The van der Waals surface area contributed by atoms with E-state index in [1.54, 1.807) is 0 Å². The molecule has 4 heteroatoms. The average Bonchev–Trinajstić information content (AvgIpc) is 2.97. The summed E-state index contributed by atoms with van der Waals surface area (Å²) in [5.74, 6) is -0.833. The summed E-state index contributed by atoms with van der Waals surface area (Å²) in [5, 5.41) is 0. The molecule has 0 heterocycles. The maximum Gasteiger partial charge on any atom is 0.324 e. The van der Waals surface area contributed by atoms with E-state index in [0.717, 1.165) is 38.5 Å². The van der Waals surface area contributed by atoms with Crippen molar-refractivity contribution in [3.8, 4) is 0 Å². The lowest BCUT2D eigenvalue weighted by molar-refractivity contribution is -0.182. The standard InChI is InChI=1S/C17H30O4/c1-5-11-20-15(18)17(13(3)4,14-9-7-8-10-14)16(19)21-12-6-2/h13-14H,5-12H2,1-4H3. The number of esters is 2. The normalized spacial score (nSPS) is 16.2. The van der Waals surface area contributed by atoms with Crippen LogP contribution in [0.25, 0.3) is 0 Å². The number of rotatable bonds is 8. The number of hydrogen-bond donors (Lipinski definition) is 0. The lowest BCUT2D eigenvalue weighted by atomic mass is 9.66. The third-order valence-electron chi connectivity index (χ3n) is 4.46. The summed E-state index contributed by atoms with van der Waals surface area (Å²) in [6.45, 7) is 8.49. The predicted octanol–water partition coefficient (Wildman–Crippen LogP) is 3.73. The number of hydrogen-bond acceptors (Lipinski definition) is 4. The molecule has 0 aromatic heterocycles. The zero-order valence-electron chi connectivity index (χ0n) is 13.9. The minimum absolute atomic E-state index is 0.0474. The summed E-state index contributed by atoms with van der Waals surface area (Å²) >= 11 is 0. The molecule has 0 bridgehead atoms. The van der Waals surface area contributed by atoms with Crippen LogP contribution < -0.4 is 0 Å². The predicted molar refractivity (Wildman–Crippen MR) is 81.7 cm³/mol. The Bertz CT molecular complexity index is 323. The van der Waals surface area contributed by atoms with Crippen molar-refractivity contribution >= 4 is 11.9 Å². The quantitative estimate of drug-likeness (QED) is 0.506. The minimum atomic E-state index is -1.12. The topological polar surface area (TPSA) is 52.6 Å². The first-order chi connectivity index (χ1) is 10.0. The van der Waals surface area contributed by atoms with Crippen molar-refractivity contribution in [2.75, 3.05) is 13.2 Å². The molecule has 0 atom stereocenters. The van der Waals surface area contributed by atoms with Crippen molar-refractivity contribution < 1.29 is 19.1 Å². The molecule has 0 spiro atoms. The Labute approximate surface area is 128 Å². The fraction of sp³-hybridized carbons (Fsp3) is 0.882.